The van der Waals surface area contributed by atoms with Crippen LogP contribution in [0.25, 0.3) is 0 Å². The highest BCUT2D eigenvalue weighted by molar-refractivity contribution is 5.72. The van der Waals surface area contributed by atoms with E-state index in [4.69, 9.17) is 5.11 Å². The van der Waals surface area contributed by atoms with Crippen molar-refractivity contribution in [2.75, 3.05) is 6.61 Å². The number of aliphatic hydroxyl groups is 1. The summed E-state index contributed by atoms with van der Waals surface area (Å²) in [7, 11) is 0. The van der Waals surface area contributed by atoms with Gasteiger partial charge in [0.2, 0.25) is 0 Å². The summed E-state index contributed by atoms with van der Waals surface area (Å²) in [5.74, 6) is -0.910. The summed E-state index contributed by atoms with van der Waals surface area (Å²) in [6, 6.07) is 0. The third-order valence-corrected chi connectivity index (χ3v) is 1.41. The molecule has 0 amide bonds. The van der Waals surface area contributed by atoms with E-state index in [0.29, 0.717) is 6.61 Å². The summed E-state index contributed by atoms with van der Waals surface area (Å²) < 4.78 is 4.68. The van der Waals surface area contributed by atoms with Gasteiger partial charge in [0.15, 0.2) is 0 Å². The van der Waals surface area contributed by atoms with Crippen molar-refractivity contribution in [3.8, 4) is 0 Å². The van der Waals surface area contributed by atoms with E-state index in [9.17, 15) is 4.79 Å². The predicted molar refractivity (Wildman–Crippen MR) is 42.0 cm³/mol. The maximum absolute atomic E-state index is 10.9. The van der Waals surface area contributed by atoms with Gasteiger partial charge in [-0.05, 0) is 13.8 Å². The lowest BCUT2D eigenvalue weighted by molar-refractivity contribution is -0.150. The Morgan fingerprint density at radius 1 is 1.82 bits per heavy atom. The van der Waals surface area contributed by atoms with Gasteiger partial charge >= 0.3 is 5.97 Å². The van der Waals surface area contributed by atoms with E-state index < -0.39 is 12.0 Å². The molecule has 0 aromatic rings. The molecule has 0 fully saturated rings. The van der Waals surface area contributed by atoms with Crippen LogP contribution < -0.4 is 0 Å². The minimum Gasteiger partial charge on any atom is -0.466 e. The van der Waals surface area contributed by atoms with Gasteiger partial charge in [0.1, 0.15) is 0 Å². The number of aliphatic hydroxyl groups excluding tert-OH is 1. The highest BCUT2D eigenvalue weighted by Crippen LogP contribution is 2.05. The van der Waals surface area contributed by atoms with Crippen LogP contribution >= 0.6 is 0 Å². The van der Waals surface area contributed by atoms with Crippen LogP contribution in [0.3, 0.4) is 0 Å². The van der Waals surface area contributed by atoms with Crippen LogP contribution in [0.2, 0.25) is 0 Å². The molecule has 3 heteroatoms. The van der Waals surface area contributed by atoms with Crippen LogP contribution in [0.1, 0.15) is 13.8 Å². The van der Waals surface area contributed by atoms with Crippen molar-refractivity contribution in [2.45, 2.75) is 20.0 Å². The molecular weight excluding hydrogens is 144 g/mol. The number of hydrogen-bond acceptors (Lipinski definition) is 3. The fourth-order valence-corrected chi connectivity index (χ4v) is 0.617. The molecule has 1 N–H and O–H groups in total. The molecule has 0 aliphatic carbocycles. The zero-order chi connectivity index (χ0) is 8.85. The SMILES string of the molecule is C=CC(O)C(C)C(=O)OCC. The van der Waals surface area contributed by atoms with Gasteiger partial charge in [-0.15, -0.1) is 6.58 Å². The summed E-state index contributed by atoms with van der Waals surface area (Å²) in [5, 5.41) is 9.10. The highest BCUT2D eigenvalue weighted by Gasteiger charge is 2.19. The van der Waals surface area contributed by atoms with Gasteiger partial charge in [0, 0.05) is 0 Å². The molecule has 0 spiro atoms. The molecule has 0 saturated carbocycles. The molecule has 0 radical (unpaired) electrons. The number of carbonyl (C=O) groups excluding carboxylic acids is 1. The molecule has 64 valence electrons. The first-order valence-corrected chi connectivity index (χ1v) is 3.60. The maximum Gasteiger partial charge on any atom is 0.311 e. The van der Waals surface area contributed by atoms with Crippen LogP contribution in [0, 0.1) is 5.92 Å². The molecule has 2 unspecified atom stereocenters. The van der Waals surface area contributed by atoms with Gasteiger partial charge in [-0.25, -0.2) is 0 Å². The third kappa shape index (κ3) is 3.18. The number of hydrogen-bond donors (Lipinski definition) is 1. The zero-order valence-electron chi connectivity index (χ0n) is 6.91. The van der Waals surface area contributed by atoms with Gasteiger partial charge < -0.3 is 9.84 Å². The molecule has 0 aromatic carbocycles. The summed E-state index contributed by atoms with van der Waals surface area (Å²) >= 11 is 0. The summed E-state index contributed by atoms with van der Waals surface area (Å²) in [6.07, 6.45) is 0.510. The van der Waals surface area contributed by atoms with Gasteiger partial charge in [-0.2, -0.15) is 0 Å². The van der Waals surface area contributed by atoms with E-state index in [1.165, 1.54) is 6.08 Å². The van der Waals surface area contributed by atoms with E-state index in [2.05, 4.69) is 11.3 Å². The van der Waals surface area contributed by atoms with Gasteiger partial charge in [0.05, 0.1) is 18.6 Å². The van der Waals surface area contributed by atoms with Crippen LogP contribution in [0.5, 0.6) is 0 Å². The standard InChI is InChI=1S/C8H14O3/c1-4-7(9)6(3)8(10)11-5-2/h4,6-7,9H,1,5H2,2-3H3. The fraction of sp³-hybridized carbons (Fsp3) is 0.625. The molecule has 2 atom stereocenters. The van der Waals surface area contributed by atoms with E-state index in [1.807, 2.05) is 0 Å². The molecule has 0 heterocycles. The second-order valence-corrected chi connectivity index (χ2v) is 2.27. The summed E-state index contributed by atoms with van der Waals surface area (Å²) in [4.78, 5) is 10.9. The zero-order valence-corrected chi connectivity index (χ0v) is 6.91. The van der Waals surface area contributed by atoms with E-state index in [-0.39, 0.29) is 5.97 Å². The topological polar surface area (TPSA) is 46.5 Å². The Balaban J connectivity index is 3.90. The average Bonchev–Trinajstić information content (AvgIpc) is 2.02. The highest BCUT2D eigenvalue weighted by atomic mass is 16.5. The van der Waals surface area contributed by atoms with Crippen LogP contribution in [0.15, 0.2) is 12.7 Å². The molecular formula is C8H14O3. The first-order chi connectivity index (χ1) is 5.13. The molecule has 0 aliphatic rings. The predicted octanol–water partition coefficient (Wildman–Crippen LogP) is 0.732. The summed E-state index contributed by atoms with van der Waals surface area (Å²) in [5.41, 5.74) is 0. The van der Waals surface area contributed by atoms with Crippen LogP contribution in [-0.2, 0) is 9.53 Å². The Bertz CT molecular complexity index is 142. The average molecular weight is 158 g/mol. The number of ether oxygens (including phenoxy) is 1. The molecule has 11 heavy (non-hydrogen) atoms. The maximum atomic E-state index is 10.9. The van der Waals surface area contributed by atoms with E-state index in [1.54, 1.807) is 13.8 Å². The van der Waals surface area contributed by atoms with Crippen molar-refractivity contribution >= 4 is 5.97 Å². The second kappa shape index (κ2) is 4.91. The van der Waals surface area contributed by atoms with Crippen LogP contribution in [0.4, 0.5) is 0 Å². The van der Waals surface area contributed by atoms with Crippen molar-refractivity contribution in [2.24, 2.45) is 5.92 Å². The van der Waals surface area contributed by atoms with Crippen LogP contribution in [-0.4, -0.2) is 23.8 Å². The Morgan fingerprint density at radius 3 is 2.73 bits per heavy atom. The quantitative estimate of drug-likeness (QED) is 0.484. The van der Waals surface area contributed by atoms with Crippen molar-refractivity contribution in [3.05, 3.63) is 12.7 Å². The largest absolute Gasteiger partial charge is 0.466 e. The Kier molecular flexibility index (Phi) is 4.54. The van der Waals surface area contributed by atoms with Crippen molar-refractivity contribution in [1.82, 2.24) is 0 Å². The molecule has 0 aliphatic heterocycles. The minimum absolute atomic E-state index is 0.340. The van der Waals surface area contributed by atoms with Gasteiger partial charge in [-0.1, -0.05) is 6.08 Å². The Hall–Kier alpha value is -0.830. The number of carbonyl (C=O) groups is 1. The third-order valence-electron chi connectivity index (χ3n) is 1.41. The lowest BCUT2D eigenvalue weighted by atomic mass is 10.1. The van der Waals surface area contributed by atoms with E-state index >= 15 is 0 Å². The fourth-order valence-electron chi connectivity index (χ4n) is 0.617. The number of rotatable bonds is 4. The summed E-state index contributed by atoms with van der Waals surface area (Å²) in [6.45, 7) is 7.04. The number of esters is 1. The monoisotopic (exact) mass is 158 g/mol. The normalized spacial score (nSPS) is 15.2. The van der Waals surface area contributed by atoms with E-state index in [0.717, 1.165) is 0 Å². The van der Waals surface area contributed by atoms with Gasteiger partial charge in [0.25, 0.3) is 0 Å². The first kappa shape index (κ1) is 10.2. The van der Waals surface area contributed by atoms with Gasteiger partial charge in [-0.3, -0.25) is 4.79 Å². The van der Waals surface area contributed by atoms with Crippen molar-refractivity contribution in [3.63, 3.8) is 0 Å². The molecule has 0 aromatic heterocycles. The Labute approximate surface area is 66.7 Å². The molecule has 0 rings (SSSR count). The van der Waals surface area contributed by atoms with Crippen molar-refractivity contribution < 1.29 is 14.6 Å². The first-order valence-electron chi connectivity index (χ1n) is 3.60. The molecule has 0 saturated heterocycles. The smallest absolute Gasteiger partial charge is 0.311 e. The van der Waals surface area contributed by atoms with Crippen molar-refractivity contribution in [1.29, 1.82) is 0 Å². The second-order valence-electron chi connectivity index (χ2n) is 2.27. The molecule has 3 nitrogen and oxygen atoms in total. The lowest BCUT2D eigenvalue weighted by Gasteiger charge is -2.12. The minimum atomic E-state index is -0.811. The lowest BCUT2D eigenvalue weighted by Crippen LogP contribution is -2.25. The Morgan fingerprint density at radius 2 is 2.36 bits per heavy atom. The molecule has 0 bridgehead atoms.